The van der Waals surface area contributed by atoms with Gasteiger partial charge in [-0.05, 0) is 37.6 Å². The number of hydrogen-bond acceptors (Lipinski definition) is 2. The molecule has 0 aliphatic carbocycles. The molecule has 0 radical (unpaired) electrons. The van der Waals surface area contributed by atoms with E-state index >= 15 is 0 Å². The maximum Gasteiger partial charge on any atom is 0.178 e. The standard InChI is InChI=1S/C14H12BrN3/c1-8-3-4-11(15)10(5-8)13-17-12-6-9(2)7-16-14(12)18-13/h3-7H,1-2H3,(H,16,17,18). The zero-order valence-electron chi connectivity index (χ0n) is 10.2. The van der Waals surface area contributed by atoms with Gasteiger partial charge in [-0.3, -0.25) is 0 Å². The first-order valence-electron chi connectivity index (χ1n) is 5.72. The number of rotatable bonds is 1. The monoisotopic (exact) mass is 301 g/mol. The normalized spacial score (nSPS) is 11.1. The summed E-state index contributed by atoms with van der Waals surface area (Å²) < 4.78 is 1.03. The van der Waals surface area contributed by atoms with E-state index in [2.05, 4.69) is 56.0 Å². The number of aryl methyl sites for hydroxylation is 2. The number of benzene rings is 1. The summed E-state index contributed by atoms with van der Waals surface area (Å²) in [5.74, 6) is 0.846. The van der Waals surface area contributed by atoms with Crippen molar-refractivity contribution in [2.75, 3.05) is 0 Å². The molecule has 0 unspecified atom stereocenters. The summed E-state index contributed by atoms with van der Waals surface area (Å²) in [6.07, 6.45) is 1.83. The predicted octanol–water partition coefficient (Wildman–Crippen LogP) is 4.00. The molecule has 0 amide bonds. The highest BCUT2D eigenvalue weighted by Gasteiger charge is 2.09. The molecule has 2 heterocycles. The van der Waals surface area contributed by atoms with Crippen molar-refractivity contribution in [1.82, 2.24) is 15.0 Å². The number of nitrogens with zero attached hydrogens (tertiary/aromatic N) is 2. The lowest BCUT2D eigenvalue weighted by Gasteiger charge is -2.01. The highest BCUT2D eigenvalue weighted by atomic mass is 79.9. The maximum atomic E-state index is 4.53. The third-order valence-corrected chi connectivity index (χ3v) is 3.54. The highest BCUT2D eigenvalue weighted by Crippen LogP contribution is 2.28. The van der Waals surface area contributed by atoms with Gasteiger partial charge in [0, 0.05) is 16.2 Å². The van der Waals surface area contributed by atoms with Crippen LogP contribution in [0.3, 0.4) is 0 Å². The molecular weight excluding hydrogens is 290 g/mol. The van der Waals surface area contributed by atoms with Crippen LogP contribution in [0.4, 0.5) is 0 Å². The van der Waals surface area contributed by atoms with Gasteiger partial charge in [0.2, 0.25) is 0 Å². The highest BCUT2D eigenvalue weighted by molar-refractivity contribution is 9.10. The van der Waals surface area contributed by atoms with E-state index in [1.165, 1.54) is 5.56 Å². The third kappa shape index (κ3) is 1.93. The van der Waals surface area contributed by atoms with Crippen LogP contribution in [0, 0.1) is 13.8 Å². The fraction of sp³-hybridized carbons (Fsp3) is 0.143. The molecular formula is C14H12BrN3. The summed E-state index contributed by atoms with van der Waals surface area (Å²) in [4.78, 5) is 12.2. The van der Waals surface area contributed by atoms with E-state index in [0.717, 1.165) is 32.6 Å². The first kappa shape index (κ1) is 11.4. The van der Waals surface area contributed by atoms with E-state index in [0.29, 0.717) is 0 Å². The topological polar surface area (TPSA) is 41.6 Å². The summed E-state index contributed by atoms with van der Waals surface area (Å²) in [6, 6.07) is 8.27. The second kappa shape index (κ2) is 4.21. The van der Waals surface area contributed by atoms with Gasteiger partial charge in [0.05, 0.1) is 5.52 Å². The fourth-order valence-electron chi connectivity index (χ4n) is 1.95. The van der Waals surface area contributed by atoms with E-state index in [9.17, 15) is 0 Å². The molecule has 0 aliphatic rings. The minimum atomic E-state index is 0.754. The molecule has 0 spiro atoms. The molecule has 0 saturated carbocycles. The van der Waals surface area contributed by atoms with Crippen molar-refractivity contribution in [3.05, 3.63) is 46.1 Å². The molecule has 3 rings (SSSR count). The molecule has 90 valence electrons. The van der Waals surface area contributed by atoms with Crippen molar-refractivity contribution in [1.29, 1.82) is 0 Å². The summed E-state index contributed by atoms with van der Waals surface area (Å²) in [6.45, 7) is 4.09. The van der Waals surface area contributed by atoms with Crippen molar-refractivity contribution in [3.63, 3.8) is 0 Å². The molecule has 18 heavy (non-hydrogen) atoms. The Labute approximate surface area is 113 Å². The van der Waals surface area contributed by atoms with Crippen molar-refractivity contribution in [2.24, 2.45) is 0 Å². The second-order valence-corrected chi connectivity index (χ2v) is 5.31. The largest absolute Gasteiger partial charge is 0.337 e. The van der Waals surface area contributed by atoms with Gasteiger partial charge in [0.15, 0.2) is 5.65 Å². The van der Waals surface area contributed by atoms with E-state index in [4.69, 9.17) is 0 Å². The minimum Gasteiger partial charge on any atom is -0.337 e. The first-order valence-corrected chi connectivity index (χ1v) is 6.52. The average Bonchev–Trinajstić information content (AvgIpc) is 2.74. The Kier molecular flexibility index (Phi) is 2.67. The van der Waals surface area contributed by atoms with Crippen LogP contribution in [-0.2, 0) is 0 Å². The van der Waals surface area contributed by atoms with Crippen molar-refractivity contribution in [2.45, 2.75) is 13.8 Å². The summed E-state index contributed by atoms with van der Waals surface area (Å²) in [5.41, 5.74) is 5.12. The quantitative estimate of drug-likeness (QED) is 0.738. The van der Waals surface area contributed by atoms with Crippen LogP contribution in [0.1, 0.15) is 11.1 Å². The van der Waals surface area contributed by atoms with Crippen LogP contribution >= 0.6 is 15.9 Å². The molecule has 4 heteroatoms. The summed E-state index contributed by atoms with van der Waals surface area (Å²) >= 11 is 3.56. The molecule has 3 aromatic rings. The molecule has 1 aromatic carbocycles. The SMILES string of the molecule is Cc1ccc(Br)c(-c2nc3ncc(C)cc3[nH]2)c1. The van der Waals surface area contributed by atoms with E-state index in [1.54, 1.807) is 0 Å². The Hall–Kier alpha value is -1.68. The molecule has 2 aromatic heterocycles. The summed E-state index contributed by atoms with van der Waals surface area (Å²) in [7, 11) is 0. The Morgan fingerprint density at radius 2 is 1.94 bits per heavy atom. The van der Waals surface area contributed by atoms with Gasteiger partial charge >= 0.3 is 0 Å². The number of H-pyrrole nitrogens is 1. The molecule has 3 nitrogen and oxygen atoms in total. The lowest BCUT2D eigenvalue weighted by atomic mass is 10.1. The maximum absolute atomic E-state index is 4.53. The number of pyridine rings is 1. The van der Waals surface area contributed by atoms with Crippen LogP contribution in [0.2, 0.25) is 0 Å². The van der Waals surface area contributed by atoms with Gasteiger partial charge in [0.1, 0.15) is 5.82 Å². The zero-order valence-corrected chi connectivity index (χ0v) is 11.7. The van der Waals surface area contributed by atoms with Crippen LogP contribution < -0.4 is 0 Å². The number of halogens is 1. The number of imidazole rings is 1. The molecule has 0 saturated heterocycles. The number of aromatic amines is 1. The Morgan fingerprint density at radius 3 is 2.78 bits per heavy atom. The Morgan fingerprint density at radius 1 is 1.11 bits per heavy atom. The van der Waals surface area contributed by atoms with E-state index < -0.39 is 0 Å². The lowest BCUT2D eigenvalue weighted by molar-refractivity contribution is 1.27. The van der Waals surface area contributed by atoms with Crippen LogP contribution in [0.25, 0.3) is 22.6 Å². The average molecular weight is 302 g/mol. The Bertz CT molecular complexity index is 731. The number of nitrogens with one attached hydrogen (secondary N) is 1. The molecule has 0 atom stereocenters. The predicted molar refractivity (Wildman–Crippen MR) is 76.5 cm³/mol. The molecule has 1 N–H and O–H groups in total. The van der Waals surface area contributed by atoms with Gasteiger partial charge < -0.3 is 4.98 Å². The number of hydrogen-bond donors (Lipinski definition) is 1. The molecule has 0 bridgehead atoms. The first-order chi connectivity index (χ1) is 8.63. The van der Waals surface area contributed by atoms with Crippen LogP contribution in [0.5, 0.6) is 0 Å². The van der Waals surface area contributed by atoms with Crippen molar-refractivity contribution >= 4 is 27.1 Å². The molecule has 0 fully saturated rings. The van der Waals surface area contributed by atoms with Crippen LogP contribution in [0.15, 0.2) is 34.9 Å². The van der Waals surface area contributed by atoms with E-state index in [-0.39, 0.29) is 0 Å². The number of fused-ring (bicyclic) bond motifs is 1. The van der Waals surface area contributed by atoms with Gasteiger partial charge in [0.25, 0.3) is 0 Å². The van der Waals surface area contributed by atoms with Crippen molar-refractivity contribution in [3.8, 4) is 11.4 Å². The zero-order chi connectivity index (χ0) is 12.7. The fourth-order valence-corrected chi connectivity index (χ4v) is 2.39. The number of aromatic nitrogens is 3. The smallest absolute Gasteiger partial charge is 0.178 e. The Balaban J connectivity index is 2.22. The van der Waals surface area contributed by atoms with E-state index in [1.807, 2.05) is 19.2 Å². The molecule has 0 aliphatic heterocycles. The van der Waals surface area contributed by atoms with Crippen LogP contribution in [-0.4, -0.2) is 15.0 Å². The second-order valence-electron chi connectivity index (χ2n) is 4.45. The van der Waals surface area contributed by atoms with Gasteiger partial charge in [-0.25, -0.2) is 9.97 Å². The van der Waals surface area contributed by atoms with Gasteiger partial charge in [-0.2, -0.15) is 0 Å². The lowest BCUT2D eigenvalue weighted by Crippen LogP contribution is -1.84. The van der Waals surface area contributed by atoms with Crippen molar-refractivity contribution < 1.29 is 0 Å². The van der Waals surface area contributed by atoms with Gasteiger partial charge in [-0.1, -0.05) is 27.6 Å². The summed E-state index contributed by atoms with van der Waals surface area (Å²) in [5, 5.41) is 0. The minimum absolute atomic E-state index is 0.754. The third-order valence-electron chi connectivity index (χ3n) is 2.85. The van der Waals surface area contributed by atoms with Gasteiger partial charge in [-0.15, -0.1) is 0 Å².